The monoisotopic (exact) mass is 171 g/mol. The molecule has 1 aliphatic rings. The van der Waals surface area contributed by atoms with Gasteiger partial charge in [-0.05, 0) is 25.3 Å². The second-order valence-corrected chi connectivity index (χ2v) is 4.06. The SMILES string of the molecule is CCCCC1(O)CCNCC1C. The quantitative estimate of drug-likeness (QED) is 0.675. The molecule has 0 saturated carbocycles. The topological polar surface area (TPSA) is 32.3 Å². The van der Waals surface area contributed by atoms with E-state index in [2.05, 4.69) is 19.2 Å². The Balaban J connectivity index is 2.42. The zero-order chi connectivity index (χ0) is 9.03. The minimum Gasteiger partial charge on any atom is -0.390 e. The van der Waals surface area contributed by atoms with Gasteiger partial charge >= 0.3 is 0 Å². The molecule has 0 aliphatic carbocycles. The molecule has 12 heavy (non-hydrogen) atoms. The van der Waals surface area contributed by atoms with Gasteiger partial charge in [0.05, 0.1) is 5.60 Å². The van der Waals surface area contributed by atoms with E-state index >= 15 is 0 Å². The molecule has 0 radical (unpaired) electrons. The molecule has 2 nitrogen and oxygen atoms in total. The summed E-state index contributed by atoms with van der Waals surface area (Å²) < 4.78 is 0. The van der Waals surface area contributed by atoms with Crippen LogP contribution in [0.25, 0.3) is 0 Å². The van der Waals surface area contributed by atoms with E-state index in [1.807, 2.05) is 0 Å². The molecule has 1 aliphatic heterocycles. The first-order valence-corrected chi connectivity index (χ1v) is 5.12. The maximum Gasteiger partial charge on any atom is 0.0697 e. The Morgan fingerprint density at radius 3 is 2.92 bits per heavy atom. The summed E-state index contributed by atoms with van der Waals surface area (Å²) in [6.45, 7) is 6.27. The lowest BCUT2D eigenvalue weighted by Gasteiger charge is -2.38. The highest BCUT2D eigenvalue weighted by Gasteiger charge is 2.34. The van der Waals surface area contributed by atoms with E-state index in [1.165, 1.54) is 6.42 Å². The summed E-state index contributed by atoms with van der Waals surface area (Å²) in [4.78, 5) is 0. The Morgan fingerprint density at radius 1 is 1.58 bits per heavy atom. The maximum atomic E-state index is 10.2. The van der Waals surface area contributed by atoms with Crippen LogP contribution in [0.1, 0.15) is 39.5 Å². The van der Waals surface area contributed by atoms with Gasteiger partial charge in [-0.2, -0.15) is 0 Å². The van der Waals surface area contributed by atoms with E-state index in [4.69, 9.17) is 0 Å². The summed E-state index contributed by atoms with van der Waals surface area (Å²) >= 11 is 0. The molecule has 2 atom stereocenters. The van der Waals surface area contributed by atoms with Crippen molar-refractivity contribution in [1.29, 1.82) is 0 Å². The molecular weight excluding hydrogens is 150 g/mol. The first-order chi connectivity index (χ1) is 5.69. The molecule has 0 aromatic carbocycles. The van der Waals surface area contributed by atoms with Gasteiger partial charge in [-0.1, -0.05) is 26.7 Å². The van der Waals surface area contributed by atoms with E-state index in [-0.39, 0.29) is 5.60 Å². The van der Waals surface area contributed by atoms with Crippen LogP contribution in [0.5, 0.6) is 0 Å². The predicted molar refractivity (Wildman–Crippen MR) is 51.1 cm³/mol. The van der Waals surface area contributed by atoms with E-state index in [0.29, 0.717) is 5.92 Å². The van der Waals surface area contributed by atoms with Gasteiger partial charge in [0.15, 0.2) is 0 Å². The second kappa shape index (κ2) is 4.24. The van der Waals surface area contributed by atoms with E-state index in [9.17, 15) is 5.11 Å². The van der Waals surface area contributed by atoms with Crippen molar-refractivity contribution in [2.45, 2.75) is 45.1 Å². The summed E-state index contributed by atoms with van der Waals surface area (Å²) in [5.41, 5.74) is -0.374. The van der Waals surface area contributed by atoms with E-state index in [0.717, 1.165) is 32.4 Å². The van der Waals surface area contributed by atoms with Gasteiger partial charge < -0.3 is 10.4 Å². The van der Waals surface area contributed by atoms with Crippen molar-refractivity contribution in [3.05, 3.63) is 0 Å². The highest BCUT2D eigenvalue weighted by Crippen LogP contribution is 2.29. The van der Waals surface area contributed by atoms with Gasteiger partial charge in [0, 0.05) is 6.54 Å². The molecule has 72 valence electrons. The Kier molecular flexibility index (Phi) is 3.53. The smallest absolute Gasteiger partial charge is 0.0697 e. The van der Waals surface area contributed by atoms with Crippen LogP contribution in [0.3, 0.4) is 0 Å². The number of aliphatic hydroxyl groups is 1. The Hall–Kier alpha value is -0.0800. The van der Waals surface area contributed by atoms with Crippen LogP contribution in [0, 0.1) is 5.92 Å². The number of nitrogens with one attached hydrogen (secondary N) is 1. The molecule has 1 fully saturated rings. The van der Waals surface area contributed by atoms with Crippen molar-refractivity contribution in [1.82, 2.24) is 5.32 Å². The van der Waals surface area contributed by atoms with Crippen LogP contribution in [-0.4, -0.2) is 23.8 Å². The van der Waals surface area contributed by atoms with Gasteiger partial charge in [-0.15, -0.1) is 0 Å². The van der Waals surface area contributed by atoms with E-state index < -0.39 is 0 Å². The third-order valence-corrected chi connectivity index (χ3v) is 3.07. The molecule has 0 bridgehead atoms. The maximum absolute atomic E-state index is 10.2. The Labute approximate surface area is 75.4 Å². The minimum absolute atomic E-state index is 0.374. The fraction of sp³-hybridized carbons (Fsp3) is 1.00. The van der Waals surface area contributed by atoms with Crippen LogP contribution < -0.4 is 5.32 Å². The zero-order valence-electron chi connectivity index (χ0n) is 8.27. The molecule has 2 N–H and O–H groups in total. The highest BCUT2D eigenvalue weighted by molar-refractivity contribution is 4.89. The highest BCUT2D eigenvalue weighted by atomic mass is 16.3. The average Bonchev–Trinajstić information content (AvgIpc) is 2.07. The van der Waals surface area contributed by atoms with Crippen LogP contribution in [0.2, 0.25) is 0 Å². The number of rotatable bonds is 3. The fourth-order valence-corrected chi connectivity index (χ4v) is 1.91. The van der Waals surface area contributed by atoms with Gasteiger partial charge in [-0.25, -0.2) is 0 Å². The number of hydrogen-bond donors (Lipinski definition) is 2. The zero-order valence-corrected chi connectivity index (χ0v) is 8.27. The molecule has 0 amide bonds. The van der Waals surface area contributed by atoms with Crippen LogP contribution in [0.4, 0.5) is 0 Å². The third kappa shape index (κ3) is 2.20. The van der Waals surface area contributed by atoms with Crippen LogP contribution in [0.15, 0.2) is 0 Å². The van der Waals surface area contributed by atoms with Crippen molar-refractivity contribution in [3.8, 4) is 0 Å². The molecular formula is C10H21NO. The van der Waals surface area contributed by atoms with Crippen LogP contribution in [-0.2, 0) is 0 Å². The molecule has 2 heteroatoms. The predicted octanol–water partition coefficient (Wildman–Crippen LogP) is 1.54. The Bertz CT molecular complexity index is 138. The molecule has 1 rings (SSSR count). The average molecular weight is 171 g/mol. The molecule has 1 heterocycles. The molecule has 0 aromatic rings. The Morgan fingerprint density at radius 2 is 2.33 bits per heavy atom. The largest absolute Gasteiger partial charge is 0.390 e. The van der Waals surface area contributed by atoms with Gasteiger partial charge in [0.1, 0.15) is 0 Å². The van der Waals surface area contributed by atoms with Crippen molar-refractivity contribution in [2.24, 2.45) is 5.92 Å². The summed E-state index contributed by atoms with van der Waals surface area (Å²) in [7, 11) is 0. The fourth-order valence-electron chi connectivity index (χ4n) is 1.91. The van der Waals surface area contributed by atoms with Crippen molar-refractivity contribution < 1.29 is 5.11 Å². The van der Waals surface area contributed by atoms with E-state index in [1.54, 1.807) is 0 Å². The lowest BCUT2D eigenvalue weighted by atomic mass is 9.79. The second-order valence-electron chi connectivity index (χ2n) is 4.06. The number of piperidine rings is 1. The van der Waals surface area contributed by atoms with Crippen LogP contribution >= 0.6 is 0 Å². The lowest BCUT2D eigenvalue weighted by molar-refractivity contribution is -0.0419. The summed E-state index contributed by atoms with van der Waals surface area (Å²) in [5, 5.41) is 13.5. The first kappa shape index (κ1) is 10.0. The minimum atomic E-state index is -0.374. The number of hydrogen-bond acceptors (Lipinski definition) is 2. The van der Waals surface area contributed by atoms with Crippen molar-refractivity contribution >= 4 is 0 Å². The summed E-state index contributed by atoms with van der Waals surface area (Å²) in [6.07, 6.45) is 4.24. The van der Waals surface area contributed by atoms with Crippen molar-refractivity contribution in [3.63, 3.8) is 0 Å². The van der Waals surface area contributed by atoms with Gasteiger partial charge in [0.2, 0.25) is 0 Å². The third-order valence-electron chi connectivity index (χ3n) is 3.07. The standard InChI is InChI=1S/C10H21NO/c1-3-4-5-10(12)6-7-11-8-9(10)2/h9,11-12H,3-8H2,1-2H3. The molecule has 0 aromatic heterocycles. The molecule has 1 saturated heterocycles. The first-order valence-electron chi connectivity index (χ1n) is 5.12. The normalized spacial score (nSPS) is 36.8. The van der Waals surface area contributed by atoms with Crippen molar-refractivity contribution in [2.75, 3.05) is 13.1 Å². The molecule has 2 unspecified atom stereocenters. The summed E-state index contributed by atoms with van der Waals surface area (Å²) in [5.74, 6) is 0.415. The molecule has 0 spiro atoms. The van der Waals surface area contributed by atoms with Gasteiger partial charge in [-0.3, -0.25) is 0 Å². The summed E-state index contributed by atoms with van der Waals surface area (Å²) in [6, 6.07) is 0. The lowest BCUT2D eigenvalue weighted by Crippen LogP contribution is -2.48. The number of unbranched alkanes of at least 4 members (excludes halogenated alkanes) is 1. The van der Waals surface area contributed by atoms with Gasteiger partial charge in [0.25, 0.3) is 0 Å².